The zero-order valence-electron chi connectivity index (χ0n) is 28.5. The number of methoxy groups -OCH3 is 1. The van der Waals surface area contributed by atoms with Crippen molar-refractivity contribution in [3.63, 3.8) is 0 Å². The first-order valence-corrected chi connectivity index (χ1v) is 16.6. The molecule has 1 aliphatic carbocycles. The number of fused-ring (bicyclic) bond motifs is 2. The van der Waals surface area contributed by atoms with Crippen LogP contribution >= 0.6 is 11.6 Å². The average Bonchev–Trinajstić information content (AvgIpc) is 3.52. The number of nitrogens with zero attached hydrogens (tertiary/aromatic N) is 5. The minimum Gasteiger partial charge on any atom is -0.481 e. The fraction of sp³-hybridized carbons (Fsp3) is 0.333. The summed E-state index contributed by atoms with van der Waals surface area (Å²) in [5.74, 6) is -1.39. The van der Waals surface area contributed by atoms with E-state index in [1.807, 2.05) is 30.3 Å². The maximum absolute atomic E-state index is 13.9. The molecule has 2 aromatic carbocycles. The van der Waals surface area contributed by atoms with E-state index in [0.29, 0.717) is 70.6 Å². The Balaban J connectivity index is 0.00000464. The van der Waals surface area contributed by atoms with Gasteiger partial charge in [0, 0.05) is 73.2 Å². The number of ether oxygens (including phenoxy) is 3. The van der Waals surface area contributed by atoms with Gasteiger partial charge in [0.05, 0.1) is 23.9 Å². The summed E-state index contributed by atoms with van der Waals surface area (Å²) >= 11 is 7.12. The van der Waals surface area contributed by atoms with Crippen molar-refractivity contribution in [1.29, 1.82) is 0 Å². The molecule has 0 amide bonds. The van der Waals surface area contributed by atoms with Gasteiger partial charge in [0.15, 0.2) is 5.65 Å². The Morgan fingerprint density at radius 2 is 1.75 bits per heavy atom. The van der Waals surface area contributed by atoms with Gasteiger partial charge in [-0.15, -0.1) is 0 Å². The van der Waals surface area contributed by atoms with Gasteiger partial charge >= 0.3 is 11.9 Å². The Morgan fingerprint density at radius 1 is 1.02 bits per heavy atom. The van der Waals surface area contributed by atoms with Crippen LogP contribution in [0, 0.1) is 13.3 Å². The van der Waals surface area contributed by atoms with E-state index in [0.717, 1.165) is 26.7 Å². The van der Waals surface area contributed by atoms with Crippen LogP contribution in [0.2, 0.25) is 5.02 Å². The Bertz CT molecular complexity index is 2310. The van der Waals surface area contributed by atoms with Gasteiger partial charge in [0.1, 0.15) is 11.2 Å². The molecule has 1 unspecified atom stereocenters. The summed E-state index contributed by atoms with van der Waals surface area (Å²) < 4.78 is 61.0. The van der Waals surface area contributed by atoms with Crippen molar-refractivity contribution in [1.82, 2.24) is 24.1 Å². The molecule has 52 heavy (non-hydrogen) atoms. The minimum atomic E-state index is -4.95. The van der Waals surface area contributed by atoms with Gasteiger partial charge in [-0.3, -0.25) is 20.3 Å². The van der Waals surface area contributed by atoms with Crippen molar-refractivity contribution in [3.05, 3.63) is 97.3 Å². The SMILES string of the molecule is COc1nc(-c2cccc(-c3cccc(Nc4nc(C(F)(F)F)nc5c4c(=O)n(C)c(=O)n5C)c3C)c2Cl)cc2c1CC(O[C@@H]1[CH-]CCOC1)C2.[Mn]. The summed E-state index contributed by atoms with van der Waals surface area (Å²) in [5, 5.41) is 3.06. The van der Waals surface area contributed by atoms with Gasteiger partial charge < -0.3 is 19.5 Å². The molecule has 2 aliphatic rings. The van der Waals surface area contributed by atoms with E-state index in [1.165, 1.54) is 14.1 Å². The predicted octanol–water partition coefficient (Wildman–Crippen LogP) is 5.96. The molecule has 7 rings (SSSR count). The molecule has 1 saturated heterocycles. The number of hydrogen-bond donors (Lipinski definition) is 1. The molecular weight excluding hydrogens is 744 g/mol. The number of alkyl halides is 3. The Hall–Kier alpha value is -4.27. The maximum Gasteiger partial charge on any atom is 0.451 e. The summed E-state index contributed by atoms with van der Waals surface area (Å²) in [4.78, 5) is 37.8. The topological polar surface area (TPSA) is 122 Å². The summed E-state index contributed by atoms with van der Waals surface area (Å²) in [6, 6.07) is 12.7. The van der Waals surface area contributed by atoms with Gasteiger partial charge in [-0.2, -0.15) is 19.6 Å². The first-order valence-electron chi connectivity index (χ1n) is 16.2. The van der Waals surface area contributed by atoms with Gasteiger partial charge in [0.25, 0.3) is 5.56 Å². The van der Waals surface area contributed by atoms with Gasteiger partial charge in [0.2, 0.25) is 11.7 Å². The number of anilines is 2. The second-order valence-electron chi connectivity index (χ2n) is 12.5. The monoisotopic (exact) mass is 776 g/mol. The largest absolute Gasteiger partial charge is 0.481 e. The molecule has 16 heteroatoms. The Morgan fingerprint density at radius 3 is 2.46 bits per heavy atom. The number of benzene rings is 2. The second kappa shape index (κ2) is 14.6. The average molecular weight is 777 g/mol. The molecule has 273 valence electrons. The van der Waals surface area contributed by atoms with Crippen LogP contribution in [0.3, 0.4) is 0 Å². The Labute approximate surface area is 311 Å². The van der Waals surface area contributed by atoms with Crippen molar-refractivity contribution in [3.8, 4) is 28.3 Å². The summed E-state index contributed by atoms with van der Waals surface area (Å²) in [6.07, 6.45) is -0.709. The van der Waals surface area contributed by atoms with E-state index < -0.39 is 34.7 Å². The summed E-state index contributed by atoms with van der Waals surface area (Å²) in [5.41, 5.74) is 3.50. The molecule has 0 bridgehead atoms. The standard InChI is InChI=1S/C36H33ClF3N6O5.Mn/c1-18-22(9-6-12-26(18)41-30-28-31(44-34(43-30)36(38,39)40)45(2)35(48)46(3)33(28)47)23-10-5-11-24(29(23)37)27-15-19-14-21(16-25(19)32(42-27)49-4)51-20-8-7-13-50-17-20;/h5-6,8-12,15,20-21H,7,13-14,16-17H2,1-4H3,(H,41,43,44);/q-1;/t20-,21?;/m1./s1. The number of hydrogen-bond acceptors (Lipinski definition) is 9. The van der Waals surface area contributed by atoms with Crippen molar-refractivity contribution >= 4 is 34.1 Å². The van der Waals surface area contributed by atoms with Gasteiger partial charge in [-0.25, -0.2) is 19.7 Å². The number of aromatic nitrogens is 5. The minimum absolute atomic E-state index is 0. The third kappa shape index (κ3) is 6.83. The fourth-order valence-corrected chi connectivity index (χ4v) is 7.02. The maximum atomic E-state index is 13.9. The summed E-state index contributed by atoms with van der Waals surface area (Å²) in [7, 11) is 4.05. The van der Waals surface area contributed by atoms with Crippen LogP contribution in [0.5, 0.6) is 5.88 Å². The molecule has 1 radical (unpaired) electrons. The van der Waals surface area contributed by atoms with Crippen LogP contribution in [0.15, 0.2) is 52.1 Å². The number of rotatable bonds is 7. The zero-order chi connectivity index (χ0) is 36.2. The van der Waals surface area contributed by atoms with Gasteiger partial charge in [-0.1, -0.05) is 41.9 Å². The van der Waals surface area contributed by atoms with Crippen LogP contribution in [-0.4, -0.2) is 56.6 Å². The molecule has 2 atom stereocenters. The summed E-state index contributed by atoms with van der Waals surface area (Å²) in [6.45, 7) is 3.02. The van der Waals surface area contributed by atoms with E-state index in [2.05, 4.69) is 21.7 Å². The van der Waals surface area contributed by atoms with E-state index >= 15 is 0 Å². The van der Waals surface area contributed by atoms with Crippen molar-refractivity contribution in [2.45, 2.75) is 44.6 Å². The smallest absolute Gasteiger partial charge is 0.451 e. The molecule has 11 nitrogen and oxygen atoms in total. The Kier molecular flexibility index (Phi) is 10.5. The normalized spacial score (nSPS) is 17.2. The molecule has 4 heterocycles. The van der Waals surface area contributed by atoms with Crippen molar-refractivity contribution in [2.75, 3.05) is 25.6 Å². The molecule has 0 saturated carbocycles. The van der Waals surface area contributed by atoms with Crippen LogP contribution in [-0.2, 0) is 59.7 Å². The van der Waals surface area contributed by atoms with Crippen molar-refractivity contribution < 1.29 is 44.5 Å². The van der Waals surface area contributed by atoms with Crippen LogP contribution in [0.25, 0.3) is 33.4 Å². The molecule has 1 fully saturated rings. The third-order valence-electron chi connectivity index (χ3n) is 9.30. The van der Waals surface area contributed by atoms with Crippen LogP contribution < -0.4 is 21.3 Å². The quantitative estimate of drug-likeness (QED) is 0.158. The van der Waals surface area contributed by atoms with E-state index in [9.17, 15) is 22.8 Å². The van der Waals surface area contributed by atoms with Gasteiger partial charge in [-0.05, 0) is 48.3 Å². The first-order chi connectivity index (χ1) is 24.3. The molecule has 0 spiro atoms. The second-order valence-corrected chi connectivity index (χ2v) is 12.9. The molecule has 3 aromatic heterocycles. The number of halogens is 4. The van der Waals surface area contributed by atoms with E-state index in [1.54, 1.807) is 26.2 Å². The van der Waals surface area contributed by atoms with Crippen molar-refractivity contribution in [2.24, 2.45) is 14.1 Å². The van der Waals surface area contributed by atoms with E-state index in [-0.39, 0.29) is 34.7 Å². The molecule has 1 aliphatic heterocycles. The molecule has 1 N–H and O–H groups in total. The predicted molar refractivity (Wildman–Crippen MR) is 186 cm³/mol. The van der Waals surface area contributed by atoms with E-state index in [4.69, 9.17) is 30.8 Å². The van der Waals surface area contributed by atoms with Crippen LogP contribution in [0.1, 0.15) is 28.9 Å². The first kappa shape index (κ1) is 37.5. The zero-order valence-corrected chi connectivity index (χ0v) is 30.4. The fourth-order valence-electron chi connectivity index (χ4n) is 6.70. The molecular formula is C36H33ClF3MnN6O5-. The number of aryl methyl sites for hydroxylation is 1. The number of pyridine rings is 1. The number of nitrogens with one attached hydrogen (secondary N) is 1. The van der Waals surface area contributed by atoms with Crippen LogP contribution in [0.4, 0.5) is 24.7 Å². The third-order valence-corrected chi connectivity index (χ3v) is 9.71. The molecule has 5 aromatic rings.